The van der Waals surface area contributed by atoms with Crippen LogP contribution in [0.5, 0.6) is 5.75 Å². The fourth-order valence-electron chi connectivity index (χ4n) is 3.47. The molecule has 0 aliphatic heterocycles. The molecule has 4 rings (SSSR count). The Bertz CT molecular complexity index is 1360. The van der Waals surface area contributed by atoms with Gasteiger partial charge >= 0.3 is 0 Å². The smallest absolute Gasteiger partial charge is 0.279 e. The summed E-state index contributed by atoms with van der Waals surface area (Å²) in [7, 11) is 0. The lowest BCUT2D eigenvalue weighted by molar-refractivity contribution is 0.101. The van der Waals surface area contributed by atoms with Crippen molar-refractivity contribution in [1.29, 1.82) is 0 Å². The average Bonchev–Trinajstić information content (AvgIpc) is 3.32. The lowest BCUT2D eigenvalue weighted by Crippen LogP contribution is -2.16. The van der Waals surface area contributed by atoms with E-state index in [1.807, 2.05) is 39.0 Å². The average molecular weight is 483 g/mol. The zero-order valence-electron chi connectivity index (χ0n) is 19.3. The molecule has 176 valence electrons. The summed E-state index contributed by atoms with van der Waals surface area (Å²) >= 11 is 6.13. The summed E-state index contributed by atoms with van der Waals surface area (Å²) in [5.41, 5.74) is 4.28. The highest BCUT2D eigenvalue weighted by Gasteiger charge is 2.22. The van der Waals surface area contributed by atoms with Crippen molar-refractivity contribution >= 4 is 23.3 Å². The van der Waals surface area contributed by atoms with E-state index >= 15 is 0 Å². The van der Waals surface area contributed by atoms with Crippen LogP contribution in [0.15, 0.2) is 47.0 Å². The Hall–Kier alpha value is -3.65. The molecule has 4 aromatic rings. The molecule has 9 heteroatoms. The number of anilines is 1. The number of aromatic nitrogens is 3. The molecular formula is C25H24ClFN4O3. The number of halogens is 2. The Kier molecular flexibility index (Phi) is 6.70. The lowest BCUT2D eigenvalue weighted by Gasteiger charge is -2.10. The van der Waals surface area contributed by atoms with E-state index in [4.69, 9.17) is 20.9 Å². The summed E-state index contributed by atoms with van der Waals surface area (Å²) in [6.07, 6.45) is 0. The van der Waals surface area contributed by atoms with Crippen LogP contribution in [0.1, 0.15) is 44.2 Å². The van der Waals surface area contributed by atoms with Crippen LogP contribution in [0.2, 0.25) is 5.02 Å². The van der Waals surface area contributed by atoms with Gasteiger partial charge in [0, 0.05) is 16.8 Å². The van der Waals surface area contributed by atoms with Gasteiger partial charge in [0.25, 0.3) is 5.91 Å². The summed E-state index contributed by atoms with van der Waals surface area (Å²) in [6.45, 7) is 8.00. The molecule has 0 fully saturated rings. The van der Waals surface area contributed by atoms with E-state index in [9.17, 15) is 9.18 Å². The number of amides is 1. The molecular weight excluding hydrogens is 459 g/mol. The number of carbonyl (C=O) groups excluding carboxylic acids is 1. The summed E-state index contributed by atoms with van der Waals surface area (Å²) in [4.78, 5) is 12.9. The van der Waals surface area contributed by atoms with Crippen LogP contribution < -0.4 is 10.1 Å². The highest BCUT2D eigenvalue weighted by Crippen LogP contribution is 2.24. The Morgan fingerprint density at radius 2 is 1.94 bits per heavy atom. The van der Waals surface area contributed by atoms with E-state index in [1.165, 1.54) is 12.1 Å². The van der Waals surface area contributed by atoms with Gasteiger partial charge in [-0.3, -0.25) is 9.48 Å². The standard InChI is InChI=1S/C25H24ClFN4O3/c1-14-5-6-15(2)22(9-14)33-13-20-17(4)34-30-24(20)25(32)28-23-10-16(3)31(29-23)12-18-7-8-19(27)11-21(18)26/h5-11H,12-13H2,1-4H3,(H,28,29,32). The minimum absolute atomic E-state index is 0.136. The van der Waals surface area contributed by atoms with E-state index < -0.39 is 11.7 Å². The van der Waals surface area contributed by atoms with Gasteiger partial charge in [-0.25, -0.2) is 4.39 Å². The Morgan fingerprint density at radius 3 is 2.71 bits per heavy atom. The largest absolute Gasteiger partial charge is 0.488 e. The van der Waals surface area contributed by atoms with Crippen LogP contribution in [0.4, 0.5) is 10.2 Å². The van der Waals surface area contributed by atoms with Gasteiger partial charge in [0.1, 0.15) is 23.9 Å². The third-order valence-electron chi connectivity index (χ3n) is 5.47. The second-order valence-corrected chi connectivity index (χ2v) is 8.55. The van der Waals surface area contributed by atoms with Crippen LogP contribution in [0.3, 0.4) is 0 Å². The minimum Gasteiger partial charge on any atom is -0.488 e. The molecule has 0 unspecified atom stereocenters. The number of hydrogen-bond acceptors (Lipinski definition) is 5. The molecule has 0 bridgehead atoms. The van der Waals surface area contributed by atoms with Gasteiger partial charge in [-0.1, -0.05) is 35.0 Å². The Morgan fingerprint density at radius 1 is 1.15 bits per heavy atom. The molecule has 2 aromatic carbocycles. The molecule has 0 aliphatic rings. The van der Waals surface area contributed by atoms with E-state index in [1.54, 1.807) is 23.7 Å². The highest BCUT2D eigenvalue weighted by atomic mass is 35.5. The van der Waals surface area contributed by atoms with Crippen molar-refractivity contribution in [2.24, 2.45) is 0 Å². The van der Waals surface area contributed by atoms with Crippen LogP contribution in [-0.2, 0) is 13.2 Å². The highest BCUT2D eigenvalue weighted by molar-refractivity contribution is 6.31. The molecule has 34 heavy (non-hydrogen) atoms. The van der Waals surface area contributed by atoms with Crippen molar-refractivity contribution in [3.05, 3.63) is 92.7 Å². The number of nitrogens with zero attached hydrogens (tertiary/aromatic N) is 3. The molecule has 7 nitrogen and oxygen atoms in total. The lowest BCUT2D eigenvalue weighted by atomic mass is 10.1. The Balaban J connectivity index is 1.48. The number of hydrogen-bond donors (Lipinski definition) is 1. The maximum absolute atomic E-state index is 13.3. The number of benzene rings is 2. The zero-order valence-corrected chi connectivity index (χ0v) is 20.0. The van der Waals surface area contributed by atoms with E-state index in [0.29, 0.717) is 34.3 Å². The molecule has 0 saturated carbocycles. The van der Waals surface area contributed by atoms with Gasteiger partial charge < -0.3 is 14.6 Å². The van der Waals surface area contributed by atoms with Gasteiger partial charge in [0.15, 0.2) is 11.5 Å². The second-order valence-electron chi connectivity index (χ2n) is 8.14. The molecule has 0 spiro atoms. The summed E-state index contributed by atoms with van der Waals surface area (Å²) in [5.74, 6) is 0.728. The molecule has 0 aliphatic carbocycles. The summed E-state index contributed by atoms with van der Waals surface area (Å²) < 4.78 is 26.2. The summed E-state index contributed by atoms with van der Waals surface area (Å²) in [6, 6.07) is 11.9. The molecule has 1 N–H and O–H groups in total. The van der Waals surface area contributed by atoms with Crippen LogP contribution in [0, 0.1) is 33.5 Å². The SMILES string of the molecule is Cc1ccc(C)c(OCc2c(C(=O)Nc3cc(C)n(Cc4ccc(F)cc4Cl)n3)noc2C)c1. The van der Waals surface area contributed by atoms with Crippen molar-refractivity contribution in [1.82, 2.24) is 14.9 Å². The molecule has 0 saturated heterocycles. The summed E-state index contributed by atoms with van der Waals surface area (Å²) in [5, 5.41) is 11.4. The monoisotopic (exact) mass is 482 g/mol. The van der Waals surface area contributed by atoms with Gasteiger partial charge in [-0.15, -0.1) is 0 Å². The first-order chi connectivity index (χ1) is 16.2. The van der Waals surface area contributed by atoms with Crippen molar-refractivity contribution in [2.45, 2.75) is 40.8 Å². The van der Waals surface area contributed by atoms with Crippen LogP contribution in [0.25, 0.3) is 0 Å². The Labute approximate surface area is 201 Å². The zero-order chi connectivity index (χ0) is 24.4. The molecule has 2 heterocycles. The van der Waals surface area contributed by atoms with Crippen LogP contribution >= 0.6 is 11.6 Å². The predicted molar refractivity (Wildman–Crippen MR) is 127 cm³/mol. The van der Waals surface area contributed by atoms with Gasteiger partial charge in [0.05, 0.1) is 12.1 Å². The first-order valence-electron chi connectivity index (χ1n) is 10.7. The molecule has 0 radical (unpaired) electrons. The fraction of sp³-hybridized carbons (Fsp3) is 0.240. The molecule has 0 atom stereocenters. The van der Waals surface area contributed by atoms with Crippen molar-refractivity contribution in [2.75, 3.05) is 5.32 Å². The van der Waals surface area contributed by atoms with E-state index in [-0.39, 0.29) is 12.3 Å². The number of rotatable bonds is 7. The maximum Gasteiger partial charge on any atom is 0.279 e. The van der Waals surface area contributed by atoms with Gasteiger partial charge in [-0.2, -0.15) is 5.10 Å². The first-order valence-corrected chi connectivity index (χ1v) is 11.0. The maximum atomic E-state index is 13.3. The third-order valence-corrected chi connectivity index (χ3v) is 5.83. The van der Waals surface area contributed by atoms with Gasteiger partial charge in [-0.05, 0) is 62.6 Å². The number of nitrogens with one attached hydrogen (secondary N) is 1. The second kappa shape index (κ2) is 9.69. The van der Waals surface area contributed by atoms with E-state index in [0.717, 1.165) is 22.6 Å². The third kappa shape index (κ3) is 5.12. The van der Waals surface area contributed by atoms with Crippen molar-refractivity contribution in [3.63, 3.8) is 0 Å². The van der Waals surface area contributed by atoms with Crippen LogP contribution in [-0.4, -0.2) is 20.8 Å². The number of carbonyl (C=O) groups is 1. The quantitative estimate of drug-likeness (QED) is 0.361. The van der Waals surface area contributed by atoms with E-state index in [2.05, 4.69) is 15.6 Å². The minimum atomic E-state index is -0.458. The molecule has 2 aromatic heterocycles. The van der Waals surface area contributed by atoms with Gasteiger partial charge in [0.2, 0.25) is 0 Å². The topological polar surface area (TPSA) is 82.2 Å². The number of aryl methyl sites for hydroxylation is 4. The first kappa shape index (κ1) is 23.5. The predicted octanol–water partition coefficient (Wildman–Crippen LogP) is 5.78. The normalized spacial score (nSPS) is 11.0. The van der Waals surface area contributed by atoms with Crippen molar-refractivity contribution < 1.29 is 18.4 Å². The number of ether oxygens (including phenoxy) is 1. The molecule has 1 amide bonds. The fourth-order valence-corrected chi connectivity index (χ4v) is 3.70. The van der Waals surface area contributed by atoms with Crippen molar-refractivity contribution in [3.8, 4) is 5.75 Å².